The van der Waals surface area contributed by atoms with E-state index >= 15 is 0 Å². The molecule has 0 saturated heterocycles. The number of aromatic nitrogens is 2. The van der Waals surface area contributed by atoms with Crippen LogP contribution in [0.3, 0.4) is 0 Å². The van der Waals surface area contributed by atoms with Gasteiger partial charge in [-0.1, -0.05) is 23.5 Å². The summed E-state index contributed by atoms with van der Waals surface area (Å²) in [6.45, 7) is 2.42. The Morgan fingerprint density at radius 3 is 2.52 bits per heavy atom. The van der Waals surface area contributed by atoms with Gasteiger partial charge in [-0.05, 0) is 54.4 Å². The maximum atomic E-state index is 13.6. The number of methoxy groups -OCH3 is 1. The van der Waals surface area contributed by atoms with E-state index in [0.717, 1.165) is 27.0 Å². The molecule has 0 fully saturated rings. The van der Waals surface area contributed by atoms with Crippen LogP contribution in [-0.2, 0) is 6.54 Å². The van der Waals surface area contributed by atoms with Gasteiger partial charge >= 0.3 is 0 Å². The van der Waals surface area contributed by atoms with Crippen molar-refractivity contribution < 1.29 is 9.53 Å². The third-order valence-electron chi connectivity index (χ3n) is 5.08. The first kappa shape index (κ1) is 20.8. The Morgan fingerprint density at radius 2 is 1.87 bits per heavy atom. The fourth-order valence-electron chi connectivity index (χ4n) is 3.34. The minimum atomic E-state index is -0.107. The molecule has 0 unspecified atom stereocenters. The highest BCUT2D eigenvalue weighted by Gasteiger charge is 2.23. The lowest BCUT2D eigenvalue weighted by molar-refractivity contribution is 0.0985. The van der Waals surface area contributed by atoms with Crippen molar-refractivity contribution in [1.82, 2.24) is 9.97 Å². The average molecular weight is 433 g/mol. The monoisotopic (exact) mass is 432 g/mol. The molecule has 0 atom stereocenters. The van der Waals surface area contributed by atoms with Gasteiger partial charge in [0.2, 0.25) is 0 Å². The molecule has 0 aliphatic carbocycles. The molecule has 7 heteroatoms. The topological polar surface area (TPSA) is 58.6 Å². The maximum Gasteiger partial charge on any atom is 0.260 e. The molecule has 4 aromatic rings. The summed E-state index contributed by atoms with van der Waals surface area (Å²) in [4.78, 5) is 26.3. The first-order valence-electron chi connectivity index (χ1n) is 9.90. The van der Waals surface area contributed by atoms with Crippen molar-refractivity contribution in [2.75, 3.05) is 31.0 Å². The summed E-state index contributed by atoms with van der Waals surface area (Å²) in [5, 5.41) is 0.633. The Balaban J connectivity index is 1.78. The van der Waals surface area contributed by atoms with E-state index in [0.29, 0.717) is 23.0 Å². The Kier molecular flexibility index (Phi) is 5.86. The lowest BCUT2D eigenvalue weighted by atomic mass is 10.1. The molecule has 2 aromatic heterocycles. The van der Waals surface area contributed by atoms with Crippen molar-refractivity contribution >= 4 is 38.3 Å². The molecule has 0 saturated carbocycles. The molecule has 1 amide bonds. The fraction of sp³-hybridized carbons (Fsp3) is 0.208. The highest BCUT2D eigenvalue weighted by molar-refractivity contribution is 7.22. The van der Waals surface area contributed by atoms with Crippen molar-refractivity contribution in [3.63, 3.8) is 0 Å². The minimum absolute atomic E-state index is 0.107. The largest absolute Gasteiger partial charge is 0.494 e. The summed E-state index contributed by atoms with van der Waals surface area (Å²) in [5.41, 5.74) is 4.45. The van der Waals surface area contributed by atoms with E-state index in [1.54, 1.807) is 24.4 Å². The molecule has 158 valence electrons. The van der Waals surface area contributed by atoms with Crippen LogP contribution in [-0.4, -0.2) is 37.1 Å². The molecule has 0 bridgehead atoms. The van der Waals surface area contributed by atoms with Crippen molar-refractivity contribution in [3.05, 3.63) is 77.6 Å². The normalized spacial score (nSPS) is 10.8. The van der Waals surface area contributed by atoms with Crippen LogP contribution in [0.25, 0.3) is 10.2 Å². The fourth-order valence-corrected chi connectivity index (χ4v) is 4.39. The standard InChI is InChI=1S/C24H24N4O2S/c1-16-7-12-20(30-4)21-22(16)31-24(26-21)28(15-17-6-5-13-25-14-17)23(29)18-8-10-19(11-9-18)27(2)3/h5-14H,15H2,1-4H3. The molecule has 0 N–H and O–H groups in total. The van der Waals surface area contributed by atoms with Gasteiger partial charge in [0.25, 0.3) is 5.91 Å². The average Bonchev–Trinajstić information content (AvgIpc) is 3.24. The Hall–Kier alpha value is -3.45. The smallest absolute Gasteiger partial charge is 0.260 e. The van der Waals surface area contributed by atoms with E-state index in [9.17, 15) is 4.79 Å². The first-order chi connectivity index (χ1) is 15.0. The van der Waals surface area contributed by atoms with E-state index in [1.807, 2.05) is 74.4 Å². The maximum absolute atomic E-state index is 13.6. The van der Waals surface area contributed by atoms with E-state index in [1.165, 1.54) is 11.3 Å². The van der Waals surface area contributed by atoms with Gasteiger partial charge in [0, 0.05) is 37.7 Å². The molecule has 0 radical (unpaired) electrons. The number of ether oxygens (including phenoxy) is 1. The zero-order valence-electron chi connectivity index (χ0n) is 18.0. The van der Waals surface area contributed by atoms with Gasteiger partial charge in [-0.25, -0.2) is 4.98 Å². The number of fused-ring (bicyclic) bond motifs is 1. The van der Waals surface area contributed by atoms with Crippen LogP contribution in [0.15, 0.2) is 60.9 Å². The Morgan fingerprint density at radius 1 is 1.10 bits per heavy atom. The number of carbonyl (C=O) groups is 1. The number of amides is 1. The minimum Gasteiger partial charge on any atom is -0.494 e. The highest BCUT2D eigenvalue weighted by Crippen LogP contribution is 2.37. The second-order valence-corrected chi connectivity index (χ2v) is 8.43. The van der Waals surface area contributed by atoms with Crippen molar-refractivity contribution in [3.8, 4) is 5.75 Å². The molecule has 31 heavy (non-hydrogen) atoms. The Bertz CT molecular complexity index is 1200. The predicted octanol–water partition coefficient (Wildman–Crippen LogP) is 4.92. The number of nitrogens with zero attached hydrogens (tertiary/aromatic N) is 4. The lowest BCUT2D eigenvalue weighted by Gasteiger charge is -2.20. The zero-order chi connectivity index (χ0) is 22.0. The third-order valence-corrected chi connectivity index (χ3v) is 6.30. The summed E-state index contributed by atoms with van der Waals surface area (Å²) >= 11 is 1.50. The molecule has 2 aromatic carbocycles. The summed E-state index contributed by atoms with van der Waals surface area (Å²) in [7, 11) is 5.58. The van der Waals surface area contributed by atoms with Gasteiger partial charge in [0.1, 0.15) is 11.3 Å². The Labute approximate surface area is 185 Å². The molecule has 0 spiro atoms. The third kappa shape index (κ3) is 4.22. The number of benzene rings is 2. The van der Waals surface area contributed by atoms with Gasteiger partial charge in [0.15, 0.2) is 5.13 Å². The molecular weight excluding hydrogens is 408 g/mol. The molecule has 0 aliphatic rings. The molecular formula is C24H24N4O2S. The van der Waals surface area contributed by atoms with Gasteiger partial charge < -0.3 is 9.64 Å². The molecule has 0 aliphatic heterocycles. The summed E-state index contributed by atoms with van der Waals surface area (Å²) in [6, 6.07) is 15.4. The van der Waals surface area contributed by atoms with Crippen molar-refractivity contribution in [2.24, 2.45) is 0 Å². The molecule has 4 rings (SSSR count). The van der Waals surface area contributed by atoms with Gasteiger partial charge in [-0.3, -0.25) is 14.7 Å². The summed E-state index contributed by atoms with van der Waals surface area (Å²) in [5.74, 6) is 0.594. The van der Waals surface area contributed by atoms with Gasteiger partial charge in [-0.15, -0.1) is 0 Å². The number of rotatable bonds is 6. The summed E-state index contributed by atoms with van der Waals surface area (Å²) < 4.78 is 6.52. The van der Waals surface area contributed by atoms with Crippen LogP contribution in [0.4, 0.5) is 10.8 Å². The van der Waals surface area contributed by atoms with Gasteiger partial charge in [-0.2, -0.15) is 0 Å². The zero-order valence-corrected chi connectivity index (χ0v) is 18.8. The SMILES string of the molecule is COc1ccc(C)c2sc(N(Cc3cccnc3)C(=O)c3ccc(N(C)C)cc3)nc12. The number of pyridine rings is 1. The number of thiazole rings is 1. The second kappa shape index (κ2) is 8.73. The number of hydrogen-bond acceptors (Lipinski definition) is 6. The number of aryl methyl sites for hydroxylation is 1. The van der Waals surface area contributed by atoms with E-state index < -0.39 is 0 Å². The quantitative estimate of drug-likeness (QED) is 0.433. The first-order valence-corrected chi connectivity index (χ1v) is 10.7. The van der Waals surface area contributed by atoms with Crippen LogP contribution in [0, 0.1) is 6.92 Å². The number of hydrogen-bond donors (Lipinski definition) is 0. The highest BCUT2D eigenvalue weighted by atomic mass is 32.1. The van der Waals surface area contributed by atoms with Crippen LogP contribution in [0.1, 0.15) is 21.5 Å². The van der Waals surface area contributed by atoms with E-state index in [4.69, 9.17) is 9.72 Å². The van der Waals surface area contributed by atoms with E-state index in [-0.39, 0.29) is 5.91 Å². The predicted molar refractivity (Wildman–Crippen MR) is 126 cm³/mol. The van der Waals surface area contributed by atoms with Crippen LogP contribution in [0.2, 0.25) is 0 Å². The van der Waals surface area contributed by atoms with Crippen molar-refractivity contribution in [1.29, 1.82) is 0 Å². The van der Waals surface area contributed by atoms with Crippen LogP contribution in [0.5, 0.6) is 5.75 Å². The van der Waals surface area contributed by atoms with Crippen LogP contribution < -0.4 is 14.5 Å². The second-order valence-electron chi connectivity index (χ2n) is 7.45. The molecule has 6 nitrogen and oxygen atoms in total. The number of anilines is 2. The number of carbonyl (C=O) groups excluding carboxylic acids is 1. The van der Waals surface area contributed by atoms with Crippen molar-refractivity contribution in [2.45, 2.75) is 13.5 Å². The lowest BCUT2D eigenvalue weighted by Crippen LogP contribution is -2.30. The van der Waals surface area contributed by atoms with Crippen LogP contribution >= 0.6 is 11.3 Å². The summed E-state index contributed by atoms with van der Waals surface area (Å²) in [6.07, 6.45) is 3.50. The molecule has 2 heterocycles. The van der Waals surface area contributed by atoms with Gasteiger partial charge in [0.05, 0.1) is 18.4 Å². The van der Waals surface area contributed by atoms with E-state index in [2.05, 4.69) is 4.98 Å².